The molecule has 6 rings (SSSR count). The number of amides is 1. The van der Waals surface area contributed by atoms with Crippen molar-refractivity contribution in [3.63, 3.8) is 0 Å². The first-order chi connectivity index (χ1) is 28.8. The Labute approximate surface area is 361 Å². The number of nitrogens with one attached hydrogen (secondary N) is 1. The maximum absolute atomic E-state index is 15.7. The Hall–Kier alpha value is -4.64. The zero-order valence-corrected chi connectivity index (χ0v) is 37.1. The first-order valence-corrected chi connectivity index (χ1v) is 21.2. The lowest BCUT2D eigenvalue weighted by atomic mass is 9.45. The van der Waals surface area contributed by atoms with Gasteiger partial charge in [0.1, 0.15) is 35.1 Å². The third-order valence-corrected chi connectivity index (χ3v) is 13.4. The molecule has 1 heterocycles. The van der Waals surface area contributed by atoms with E-state index in [-0.39, 0.29) is 36.2 Å². The number of hydrogen-bond donors (Lipinski definition) is 4. The maximum Gasteiger partial charge on any atom is 0.408 e. The number of aliphatic hydroxyl groups is 3. The Balaban J connectivity index is 1.56. The predicted molar refractivity (Wildman–Crippen MR) is 219 cm³/mol. The van der Waals surface area contributed by atoms with Gasteiger partial charge in [-0.25, -0.2) is 14.4 Å². The van der Waals surface area contributed by atoms with Crippen molar-refractivity contribution in [1.82, 2.24) is 5.32 Å². The molecule has 4 fully saturated rings. The van der Waals surface area contributed by atoms with Crippen LogP contribution in [-0.2, 0) is 47.6 Å². The SMILES string of the molecule is CC(=O)O[C@@]12CCO[C@@H]1C[C@H](O)[C@@]1(C)C(=O)[C@H](OC(=O)C3CC3)C3=C(C)[C@@H](OC(=O)[C@H](O)[C@H](C=C(C)C)NC(=O)OC(C)(C)C)C[C@@](O)([C@@H](OC(=O)c4ccccc4)[C@H]21)C3(C)C. The molecule has 4 aliphatic carbocycles. The predicted octanol–water partition coefficient (Wildman–Crippen LogP) is 4.20. The summed E-state index contributed by atoms with van der Waals surface area (Å²) in [5, 5.41) is 40.1. The molecule has 0 spiro atoms. The van der Waals surface area contributed by atoms with Gasteiger partial charge in [-0.3, -0.25) is 14.4 Å². The molecule has 11 atom stereocenters. The summed E-state index contributed by atoms with van der Waals surface area (Å²) in [7, 11) is 0. The number of carbonyl (C=O) groups is 6. The van der Waals surface area contributed by atoms with Crippen LogP contribution < -0.4 is 5.32 Å². The van der Waals surface area contributed by atoms with Crippen LogP contribution in [0.4, 0.5) is 4.79 Å². The molecule has 1 amide bonds. The van der Waals surface area contributed by atoms with Gasteiger partial charge < -0.3 is 49.1 Å². The van der Waals surface area contributed by atoms with Gasteiger partial charge in [0.25, 0.3) is 0 Å². The van der Waals surface area contributed by atoms with Crippen molar-refractivity contribution in [3.05, 3.63) is 58.7 Å². The topological polar surface area (TPSA) is 231 Å². The number of ether oxygens (including phenoxy) is 6. The lowest BCUT2D eigenvalue weighted by Gasteiger charge is -2.64. The van der Waals surface area contributed by atoms with Gasteiger partial charge in [0.15, 0.2) is 18.0 Å². The van der Waals surface area contributed by atoms with Gasteiger partial charge in [-0.2, -0.15) is 0 Å². The lowest BCUT2D eigenvalue weighted by molar-refractivity contribution is -0.273. The van der Waals surface area contributed by atoms with Crippen molar-refractivity contribution < 1.29 is 72.5 Å². The molecular formula is C46H61NO15. The van der Waals surface area contributed by atoms with Crippen LogP contribution in [0.5, 0.6) is 0 Å². The van der Waals surface area contributed by atoms with Crippen LogP contribution in [0.15, 0.2) is 53.1 Å². The minimum atomic E-state index is -2.38. The maximum atomic E-state index is 15.7. The highest BCUT2D eigenvalue weighted by atomic mass is 16.6. The zero-order chi connectivity index (χ0) is 45.9. The van der Waals surface area contributed by atoms with E-state index in [0.29, 0.717) is 18.4 Å². The molecule has 1 aliphatic heterocycles. The molecule has 3 saturated carbocycles. The molecule has 16 heteroatoms. The van der Waals surface area contributed by atoms with Gasteiger partial charge >= 0.3 is 30.0 Å². The van der Waals surface area contributed by atoms with E-state index in [4.69, 9.17) is 28.4 Å². The monoisotopic (exact) mass is 867 g/mol. The molecule has 0 radical (unpaired) electrons. The first kappa shape index (κ1) is 46.9. The number of allylic oxidation sites excluding steroid dienone is 1. The van der Waals surface area contributed by atoms with E-state index in [0.717, 1.165) is 0 Å². The van der Waals surface area contributed by atoms with Crippen molar-refractivity contribution in [1.29, 1.82) is 0 Å². The number of esters is 4. The largest absolute Gasteiger partial charge is 0.456 e. The summed E-state index contributed by atoms with van der Waals surface area (Å²) >= 11 is 0. The van der Waals surface area contributed by atoms with Gasteiger partial charge in [0.05, 0.1) is 41.6 Å². The smallest absolute Gasteiger partial charge is 0.408 e. The van der Waals surface area contributed by atoms with Gasteiger partial charge in [-0.1, -0.05) is 43.7 Å². The molecule has 1 aromatic carbocycles. The Bertz CT molecular complexity index is 2030. The number of benzene rings is 1. The highest BCUT2D eigenvalue weighted by Gasteiger charge is 2.77. The van der Waals surface area contributed by atoms with Gasteiger partial charge in [0, 0.05) is 31.6 Å². The van der Waals surface area contributed by atoms with Crippen molar-refractivity contribution in [2.24, 2.45) is 22.7 Å². The highest BCUT2D eigenvalue weighted by molar-refractivity contribution is 5.96. The summed E-state index contributed by atoms with van der Waals surface area (Å²) in [6.45, 7) is 15.7. The van der Waals surface area contributed by atoms with Crippen LogP contribution in [0.2, 0.25) is 0 Å². The minimum Gasteiger partial charge on any atom is -0.456 e. The Morgan fingerprint density at radius 2 is 1.63 bits per heavy atom. The third-order valence-electron chi connectivity index (χ3n) is 13.4. The molecule has 4 N–H and O–H groups in total. The fourth-order valence-corrected chi connectivity index (χ4v) is 10.1. The van der Waals surface area contributed by atoms with E-state index < -0.39 is 124 Å². The van der Waals surface area contributed by atoms with Gasteiger partial charge in [0.2, 0.25) is 0 Å². The fourth-order valence-electron chi connectivity index (χ4n) is 10.1. The third kappa shape index (κ3) is 8.42. The molecule has 1 saturated heterocycles. The average Bonchev–Trinajstić information content (AvgIpc) is 3.95. The van der Waals surface area contributed by atoms with Crippen molar-refractivity contribution in [3.8, 4) is 0 Å². The van der Waals surface area contributed by atoms with E-state index in [1.807, 2.05) is 0 Å². The molecule has 2 bridgehead atoms. The second-order valence-electron chi connectivity index (χ2n) is 19.5. The fraction of sp³-hybridized carbons (Fsp3) is 0.652. The van der Waals surface area contributed by atoms with Crippen LogP contribution in [0.3, 0.4) is 0 Å². The zero-order valence-electron chi connectivity index (χ0n) is 37.1. The highest BCUT2D eigenvalue weighted by Crippen LogP contribution is 2.64. The summed E-state index contributed by atoms with van der Waals surface area (Å²) in [5.74, 6) is -6.49. The standard InChI is InChI=1S/C46H61NO15/c1-23(2)20-28(47-41(55)62-42(5,6)7)33(50)40(54)58-29-22-46(56)37(60-39(53)26-14-12-11-13-15-26)35-44(10,30(49)21-31-45(35,18-19-57-31)61-25(4)48)36(51)34(59-38(52)27-16-17-27)32(24(29)3)43(46,8)9/h11-15,20,27-31,33-35,37,49-50,56H,16-19,21-22H2,1-10H3,(H,47,55)/t28-,29-,30-,31+,33+,34+,35-,37-,44+,45-,46+/m0/s1. The molecule has 1 aromatic rings. The normalized spacial score (nSPS) is 33.5. The van der Waals surface area contributed by atoms with Crippen LogP contribution in [-0.4, -0.2) is 117 Å². The van der Waals surface area contributed by atoms with Crippen molar-refractivity contribution >= 4 is 35.8 Å². The summed E-state index contributed by atoms with van der Waals surface area (Å²) in [4.78, 5) is 84.0. The van der Waals surface area contributed by atoms with Crippen LogP contribution in [0.25, 0.3) is 0 Å². The van der Waals surface area contributed by atoms with Crippen molar-refractivity contribution in [2.45, 2.75) is 161 Å². The van der Waals surface area contributed by atoms with Crippen LogP contribution >= 0.6 is 0 Å². The Morgan fingerprint density at radius 1 is 0.984 bits per heavy atom. The van der Waals surface area contributed by atoms with E-state index >= 15 is 4.79 Å². The van der Waals surface area contributed by atoms with Crippen molar-refractivity contribution in [2.75, 3.05) is 6.61 Å². The molecule has 62 heavy (non-hydrogen) atoms. The molecule has 5 aliphatic rings. The number of ketones is 1. The molecule has 0 unspecified atom stereocenters. The number of hydrogen-bond acceptors (Lipinski definition) is 15. The van der Waals surface area contributed by atoms with E-state index in [9.17, 15) is 39.3 Å². The van der Waals surface area contributed by atoms with Crippen LogP contribution in [0.1, 0.15) is 112 Å². The van der Waals surface area contributed by atoms with Crippen LogP contribution in [0, 0.1) is 22.7 Å². The summed E-state index contributed by atoms with van der Waals surface area (Å²) in [6.07, 6.45) is -8.91. The molecule has 0 aromatic heterocycles. The van der Waals surface area contributed by atoms with E-state index in [2.05, 4.69) is 5.32 Å². The number of rotatable bonds is 10. The Kier molecular flexibility index (Phi) is 12.7. The number of carbonyl (C=O) groups excluding carboxylic acids is 6. The van der Waals surface area contributed by atoms with Gasteiger partial charge in [-0.05, 0) is 84.6 Å². The minimum absolute atomic E-state index is 0.0132. The quantitative estimate of drug-likeness (QED) is 0.147. The summed E-state index contributed by atoms with van der Waals surface area (Å²) < 4.78 is 36.4. The summed E-state index contributed by atoms with van der Waals surface area (Å²) in [5.41, 5.74) is -7.85. The second kappa shape index (κ2) is 16.8. The van der Waals surface area contributed by atoms with E-state index in [1.165, 1.54) is 32.1 Å². The number of aliphatic hydroxyl groups excluding tert-OH is 2. The second-order valence-corrected chi connectivity index (χ2v) is 19.5. The average molecular weight is 868 g/mol. The summed E-state index contributed by atoms with van der Waals surface area (Å²) in [6, 6.07) is 6.55. The molecular weight excluding hydrogens is 806 g/mol. The number of Topliss-reactive ketones (excluding diaryl/α,β-unsaturated/α-hetero) is 1. The molecule has 340 valence electrons. The van der Waals surface area contributed by atoms with Gasteiger partial charge in [-0.15, -0.1) is 0 Å². The number of fused-ring (bicyclic) bond motifs is 5. The lowest BCUT2D eigenvalue weighted by Crippen LogP contribution is -2.77. The number of alkyl carbamates (subject to hydrolysis) is 1. The van der Waals surface area contributed by atoms with E-state index in [1.54, 1.807) is 73.6 Å². The molecule has 16 nitrogen and oxygen atoms in total. The first-order valence-electron chi connectivity index (χ1n) is 21.2. The Morgan fingerprint density at radius 3 is 2.21 bits per heavy atom.